The molecule has 1 atom stereocenters. The predicted molar refractivity (Wildman–Crippen MR) is 86.0 cm³/mol. The molecule has 0 radical (unpaired) electrons. The number of hydrogen-bond acceptors (Lipinski definition) is 0. The average Bonchev–Trinajstić information content (AvgIpc) is 2.45. The van der Waals surface area contributed by atoms with Crippen LogP contribution in [0, 0.1) is 0 Å². The molecular formula is C15H28Si2. The van der Waals surface area contributed by atoms with Crippen LogP contribution in [-0.2, 0) is 0 Å². The van der Waals surface area contributed by atoms with E-state index in [2.05, 4.69) is 77.4 Å². The molecule has 17 heavy (non-hydrogen) atoms. The van der Waals surface area contributed by atoms with Gasteiger partial charge in [0.15, 0.2) is 0 Å². The van der Waals surface area contributed by atoms with Crippen LogP contribution < -0.4 is 0 Å². The van der Waals surface area contributed by atoms with Crippen molar-refractivity contribution in [3.63, 3.8) is 0 Å². The molecule has 1 unspecified atom stereocenters. The Labute approximate surface area is 110 Å². The van der Waals surface area contributed by atoms with Crippen molar-refractivity contribution in [2.75, 3.05) is 0 Å². The molecule has 0 aliphatic heterocycles. The highest BCUT2D eigenvalue weighted by Gasteiger charge is 2.47. The van der Waals surface area contributed by atoms with Crippen molar-refractivity contribution >= 4 is 16.1 Å². The van der Waals surface area contributed by atoms with Crippen LogP contribution >= 0.6 is 0 Å². The first-order valence-corrected chi connectivity index (χ1v) is 13.6. The van der Waals surface area contributed by atoms with Gasteiger partial charge >= 0.3 is 0 Å². The smallest absolute Gasteiger partial charge is 0.0736 e. The van der Waals surface area contributed by atoms with Crippen molar-refractivity contribution < 1.29 is 0 Å². The zero-order chi connectivity index (χ0) is 13.5. The van der Waals surface area contributed by atoms with Gasteiger partial charge in [-0.25, -0.2) is 0 Å². The van der Waals surface area contributed by atoms with Crippen LogP contribution in [0.3, 0.4) is 0 Å². The standard InChI is InChI=1S/C15H28Si2/c1-13(2)12-15(17(6,7)8)11-9-10-14(15)16(3,4)5/h9-12H,1-8H3. The molecule has 2 heteroatoms. The average molecular weight is 265 g/mol. The summed E-state index contributed by atoms with van der Waals surface area (Å²) in [7, 11) is -2.55. The van der Waals surface area contributed by atoms with Gasteiger partial charge in [-0.3, -0.25) is 0 Å². The largest absolute Gasteiger partial charge is 0.0795 e. The lowest BCUT2D eigenvalue weighted by Crippen LogP contribution is -2.44. The molecule has 1 aliphatic rings. The van der Waals surface area contributed by atoms with Crippen LogP contribution in [0.4, 0.5) is 0 Å². The van der Waals surface area contributed by atoms with E-state index in [-0.39, 0.29) is 5.04 Å². The fourth-order valence-electron chi connectivity index (χ4n) is 2.85. The van der Waals surface area contributed by atoms with Crippen molar-refractivity contribution in [3.8, 4) is 0 Å². The lowest BCUT2D eigenvalue weighted by molar-refractivity contribution is 0.985. The SMILES string of the molecule is CC(C)=CC1([Si](C)(C)C)C=CC=C1[Si](C)(C)C. The zero-order valence-electron chi connectivity index (χ0n) is 12.8. The molecule has 0 bridgehead atoms. The molecule has 0 nitrogen and oxygen atoms in total. The van der Waals surface area contributed by atoms with E-state index in [1.165, 1.54) is 5.57 Å². The van der Waals surface area contributed by atoms with E-state index in [1.807, 2.05) is 0 Å². The normalized spacial score (nSPS) is 24.8. The fourth-order valence-corrected chi connectivity index (χ4v) is 9.30. The molecule has 0 aromatic heterocycles. The molecule has 0 amide bonds. The van der Waals surface area contributed by atoms with Gasteiger partial charge in [-0.05, 0) is 13.8 Å². The summed E-state index contributed by atoms with van der Waals surface area (Å²) >= 11 is 0. The topological polar surface area (TPSA) is 0 Å². The Balaban J connectivity index is 3.42. The number of allylic oxidation sites excluding steroid dienone is 6. The van der Waals surface area contributed by atoms with Gasteiger partial charge in [-0.1, -0.05) is 74.4 Å². The molecule has 1 aliphatic carbocycles. The second kappa shape index (κ2) is 4.40. The molecule has 0 heterocycles. The first-order chi connectivity index (χ1) is 7.51. The molecule has 96 valence electrons. The first-order valence-electron chi connectivity index (χ1n) is 6.57. The van der Waals surface area contributed by atoms with Gasteiger partial charge in [0.2, 0.25) is 0 Å². The summed E-state index contributed by atoms with van der Waals surface area (Å²) in [5.74, 6) is 0. The predicted octanol–water partition coefficient (Wildman–Crippen LogP) is 5.40. The maximum Gasteiger partial charge on any atom is 0.0736 e. The first kappa shape index (κ1) is 14.7. The Hall–Kier alpha value is -0.346. The third-order valence-electron chi connectivity index (χ3n) is 3.63. The molecule has 0 aromatic carbocycles. The van der Waals surface area contributed by atoms with Crippen LogP contribution in [0.1, 0.15) is 13.8 Å². The molecule has 0 fully saturated rings. The van der Waals surface area contributed by atoms with Gasteiger partial charge in [0.1, 0.15) is 0 Å². The summed E-state index contributed by atoms with van der Waals surface area (Å²) in [6, 6.07) is 0. The summed E-state index contributed by atoms with van der Waals surface area (Å²) in [5, 5.41) is 2.00. The Morgan fingerprint density at radius 2 is 1.59 bits per heavy atom. The van der Waals surface area contributed by atoms with Gasteiger partial charge in [0, 0.05) is 5.04 Å². The van der Waals surface area contributed by atoms with E-state index in [1.54, 1.807) is 5.20 Å². The van der Waals surface area contributed by atoms with E-state index in [0.29, 0.717) is 0 Å². The molecule has 0 aromatic rings. The van der Waals surface area contributed by atoms with E-state index in [4.69, 9.17) is 0 Å². The van der Waals surface area contributed by atoms with Crippen molar-refractivity contribution in [1.82, 2.24) is 0 Å². The molecule has 0 N–H and O–H groups in total. The van der Waals surface area contributed by atoms with Gasteiger partial charge in [-0.2, -0.15) is 0 Å². The van der Waals surface area contributed by atoms with E-state index < -0.39 is 16.1 Å². The maximum absolute atomic E-state index is 2.53. The van der Waals surface area contributed by atoms with Gasteiger partial charge in [-0.15, -0.1) is 0 Å². The minimum Gasteiger partial charge on any atom is -0.0795 e. The number of hydrogen-bond donors (Lipinski definition) is 0. The second-order valence-corrected chi connectivity index (χ2v) is 17.9. The third-order valence-corrected chi connectivity index (χ3v) is 9.14. The van der Waals surface area contributed by atoms with Crippen molar-refractivity contribution in [3.05, 3.63) is 35.1 Å². The Bertz CT molecular complexity index is 382. The summed E-state index contributed by atoms with van der Waals surface area (Å²) < 4.78 is 0. The quantitative estimate of drug-likeness (QED) is 0.472. The lowest BCUT2D eigenvalue weighted by atomic mass is 10.1. The zero-order valence-corrected chi connectivity index (χ0v) is 14.8. The van der Waals surface area contributed by atoms with Gasteiger partial charge in [0.05, 0.1) is 16.1 Å². The van der Waals surface area contributed by atoms with Crippen molar-refractivity contribution in [2.45, 2.75) is 58.2 Å². The fraction of sp³-hybridized carbons (Fsp3) is 0.600. The molecule has 0 saturated heterocycles. The highest BCUT2D eigenvalue weighted by atomic mass is 28.3. The highest BCUT2D eigenvalue weighted by molar-refractivity contribution is 6.90. The monoisotopic (exact) mass is 264 g/mol. The van der Waals surface area contributed by atoms with E-state index in [9.17, 15) is 0 Å². The molecular weight excluding hydrogens is 236 g/mol. The van der Waals surface area contributed by atoms with Crippen molar-refractivity contribution in [2.24, 2.45) is 0 Å². The Morgan fingerprint density at radius 3 is 1.94 bits per heavy atom. The van der Waals surface area contributed by atoms with Crippen molar-refractivity contribution in [1.29, 1.82) is 0 Å². The summed E-state index contributed by atoms with van der Waals surface area (Å²) in [5.41, 5.74) is 1.45. The summed E-state index contributed by atoms with van der Waals surface area (Å²) in [6.45, 7) is 19.4. The lowest BCUT2D eigenvalue weighted by Gasteiger charge is -2.44. The van der Waals surface area contributed by atoms with Crippen LogP contribution in [-0.4, -0.2) is 16.1 Å². The van der Waals surface area contributed by atoms with E-state index >= 15 is 0 Å². The van der Waals surface area contributed by atoms with Gasteiger partial charge < -0.3 is 0 Å². The van der Waals surface area contributed by atoms with Crippen LogP contribution in [0.15, 0.2) is 35.1 Å². The summed E-state index contributed by atoms with van der Waals surface area (Å²) in [6.07, 6.45) is 9.71. The third kappa shape index (κ3) is 2.74. The Morgan fingerprint density at radius 1 is 1.06 bits per heavy atom. The van der Waals surface area contributed by atoms with Crippen LogP contribution in [0.25, 0.3) is 0 Å². The second-order valence-electron chi connectivity index (χ2n) is 7.53. The van der Waals surface area contributed by atoms with E-state index in [0.717, 1.165) is 0 Å². The maximum atomic E-state index is 2.53. The minimum absolute atomic E-state index is 0.274. The number of rotatable bonds is 3. The van der Waals surface area contributed by atoms with Crippen LogP contribution in [0.2, 0.25) is 44.3 Å². The summed E-state index contributed by atoms with van der Waals surface area (Å²) in [4.78, 5) is 0. The molecule has 1 rings (SSSR count). The van der Waals surface area contributed by atoms with Crippen LogP contribution in [0.5, 0.6) is 0 Å². The highest BCUT2D eigenvalue weighted by Crippen LogP contribution is 2.54. The van der Waals surface area contributed by atoms with Gasteiger partial charge in [0.25, 0.3) is 0 Å². The Kier molecular flexibility index (Phi) is 3.80. The molecule has 0 spiro atoms. The minimum atomic E-state index is -1.31. The molecule has 0 saturated carbocycles.